The third kappa shape index (κ3) is 8.30. The summed E-state index contributed by atoms with van der Waals surface area (Å²) in [5.41, 5.74) is 0. The molecule has 19 nitrogen and oxygen atoms in total. The van der Waals surface area contributed by atoms with Gasteiger partial charge in [0.1, 0.15) is 42.7 Å². The number of phosphoric acid groups is 3. The van der Waals surface area contributed by atoms with Crippen LogP contribution in [-0.2, 0) is 41.5 Å². The highest BCUT2D eigenvalue weighted by Gasteiger charge is 2.55. The largest absolute Gasteiger partial charge is 0.470 e. The first-order chi connectivity index (χ1) is 15.0. The zero-order chi connectivity index (χ0) is 25.4. The van der Waals surface area contributed by atoms with E-state index in [4.69, 9.17) is 43.6 Å². The molecule has 3 unspecified atom stereocenters. The Hall–Kier alpha value is 0.0500. The van der Waals surface area contributed by atoms with Gasteiger partial charge in [0.15, 0.2) is 12.6 Å². The maximum Gasteiger partial charge on any atom is 0.470 e. The van der Waals surface area contributed by atoms with Crippen molar-refractivity contribution in [1.29, 1.82) is 0 Å². The van der Waals surface area contributed by atoms with Gasteiger partial charge in [-0.2, -0.15) is 0 Å². The summed E-state index contributed by atoms with van der Waals surface area (Å²) in [7, 11) is -16.1. The van der Waals surface area contributed by atoms with Crippen LogP contribution < -0.4 is 0 Å². The normalized spacial score (nSPS) is 38.5. The number of ether oxygens (including phenoxy) is 3. The minimum absolute atomic E-state index is 0.915. The van der Waals surface area contributed by atoms with Gasteiger partial charge in [-0.1, -0.05) is 0 Å². The van der Waals surface area contributed by atoms with Gasteiger partial charge in [-0.05, 0) is 0 Å². The van der Waals surface area contributed by atoms with E-state index in [-0.39, 0.29) is 0 Å². The maximum atomic E-state index is 11.3. The molecule has 0 aromatic rings. The monoisotopic (exact) mass is 552 g/mol. The third-order valence-electron chi connectivity index (χ3n) is 4.33. The van der Waals surface area contributed by atoms with Crippen molar-refractivity contribution in [3.05, 3.63) is 0 Å². The molecule has 2 rings (SSSR count). The average molecular weight is 552 g/mol. The minimum atomic E-state index is -5.46. The van der Waals surface area contributed by atoms with Gasteiger partial charge in [0.05, 0.1) is 13.2 Å². The molecule has 196 valence electrons. The Morgan fingerprint density at radius 1 is 0.636 bits per heavy atom. The molecule has 0 spiro atoms. The standard InChI is InChI=1S/C11H23O19P3/c12-1-3-6(9(10(15)25-3)30-33(22,23)24)27-11-5(14)8(29-32(19,20)21)7(4(2-13)26-11)28-31(16,17)18/h3-15H,1-2H2,(H2,16,17,18)(H2,19,20,21)(H2,22,23,24)/t3-,4?,5+,6+,7+,8?,9+,10?,11+/m1/s1. The molecule has 2 fully saturated rings. The lowest BCUT2D eigenvalue weighted by Crippen LogP contribution is -2.61. The molecule has 0 radical (unpaired) electrons. The summed E-state index contributed by atoms with van der Waals surface area (Å²) < 4.78 is 62.1. The van der Waals surface area contributed by atoms with E-state index in [1.807, 2.05) is 0 Å². The van der Waals surface area contributed by atoms with Gasteiger partial charge in [0, 0.05) is 0 Å². The Labute approximate surface area is 184 Å². The van der Waals surface area contributed by atoms with Gasteiger partial charge in [0.25, 0.3) is 0 Å². The van der Waals surface area contributed by atoms with E-state index in [1.54, 1.807) is 0 Å². The summed E-state index contributed by atoms with van der Waals surface area (Å²) in [4.78, 5) is 54.3. The van der Waals surface area contributed by atoms with Crippen LogP contribution in [0.15, 0.2) is 0 Å². The lowest BCUT2D eigenvalue weighted by molar-refractivity contribution is -0.313. The quantitative estimate of drug-likeness (QED) is 0.114. The van der Waals surface area contributed by atoms with E-state index in [1.165, 1.54) is 0 Å². The van der Waals surface area contributed by atoms with E-state index in [9.17, 15) is 34.1 Å². The van der Waals surface area contributed by atoms with Crippen molar-refractivity contribution in [2.45, 2.75) is 55.3 Å². The number of rotatable bonds is 10. The van der Waals surface area contributed by atoms with Crippen LogP contribution in [0.1, 0.15) is 0 Å². The first-order valence-electron chi connectivity index (χ1n) is 8.72. The maximum absolute atomic E-state index is 11.3. The van der Waals surface area contributed by atoms with Crippen LogP contribution in [0.2, 0.25) is 0 Å². The van der Waals surface area contributed by atoms with Crippen molar-refractivity contribution in [3.8, 4) is 0 Å². The van der Waals surface area contributed by atoms with Crippen molar-refractivity contribution in [2.75, 3.05) is 13.2 Å². The van der Waals surface area contributed by atoms with Crippen molar-refractivity contribution in [3.63, 3.8) is 0 Å². The molecule has 10 N–H and O–H groups in total. The molecule has 33 heavy (non-hydrogen) atoms. The third-order valence-corrected chi connectivity index (χ3v) is 5.88. The van der Waals surface area contributed by atoms with E-state index in [2.05, 4.69) is 13.6 Å². The summed E-state index contributed by atoms with van der Waals surface area (Å²) in [5, 5.41) is 39.2. The zero-order valence-electron chi connectivity index (χ0n) is 16.1. The summed E-state index contributed by atoms with van der Waals surface area (Å²) in [5.74, 6) is 0. The Bertz CT molecular complexity index is 790. The highest BCUT2D eigenvalue weighted by Crippen LogP contribution is 2.47. The zero-order valence-corrected chi connectivity index (χ0v) is 18.8. The van der Waals surface area contributed by atoms with Gasteiger partial charge >= 0.3 is 23.5 Å². The number of aliphatic hydroxyl groups is 4. The highest BCUT2D eigenvalue weighted by molar-refractivity contribution is 7.46. The van der Waals surface area contributed by atoms with Crippen LogP contribution in [0.4, 0.5) is 0 Å². The summed E-state index contributed by atoms with van der Waals surface area (Å²) >= 11 is 0. The van der Waals surface area contributed by atoms with E-state index < -0.39 is 92.0 Å². The molecule has 2 aliphatic heterocycles. The first kappa shape index (κ1) is 29.3. The van der Waals surface area contributed by atoms with E-state index in [0.29, 0.717) is 0 Å². The summed E-state index contributed by atoms with van der Waals surface area (Å²) in [6, 6.07) is 0. The fourth-order valence-corrected chi connectivity index (χ4v) is 4.84. The van der Waals surface area contributed by atoms with Crippen molar-refractivity contribution >= 4 is 23.5 Å². The van der Waals surface area contributed by atoms with Crippen molar-refractivity contribution in [1.82, 2.24) is 0 Å². The summed E-state index contributed by atoms with van der Waals surface area (Å²) in [6.45, 7) is -2.03. The number of hydrogen-bond acceptors (Lipinski definition) is 13. The number of hydrogen-bond donors (Lipinski definition) is 10. The van der Waals surface area contributed by atoms with E-state index >= 15 is 0 Å². The fourth-order valence-electron chi connectivity index (χ4n) is 3.16. The molecular weight excluding hydrogens is 529 g/mol. The average Bonchev–Trinajstić information content (AvgIpc) is 2.92. The van der Waals surface area contributed by atoms with Gasteiger partial charge in [-0.15, -0.1) is 0 Å². The van der Waals surface area contributed by atoms with Crippen LogP contribution in [0.5, 0.6) is 0 Å². The molecule has 9 atom stereocenters. The lowest BCUT2D eigenvalue weighted by Gasteiger charge is -2.44. The van der Waals surface area contributed by atoms with Gasteiger partial charge in [-0.3, -0.25) is 13.6 Å². The molecule has 0 saturated carbocycles. The molecule has 0 bridgehead atoms. The predicted molar refractivity (Wildman–Crippen MR) is 95.3 cm³/mol. The smallest absolute Gasteiger partial charge is 0.394 e. The second-order valence-corrected chi connectivity index (χ2v) is 10.3. The molecule has 2 aliphatic rings. The Balaban J connectivity index is 2.36. The van der Waals surface area contributed by atoms with E-state index in [0.717, 1.165) is 0 Å². The molecular formula is C11H23O19P3. The second kappa shape index (κ2) is 11.0. The minimum Gasteiger partial charge on any atom is -0.394 e. The van der Waals surface area contributed by atoms with Crippen LogP contribution >= 0.6 is 23.5 Å². The molecule has 0 aromatic heterocycles. The van der Waals surface area contributed by atoms with Crippen LogP contribution in [0.25, 0.3) is 0 Å². The molecule has 0 aliphatic carbocycles. The number of phosphoric ester groups is 3. The Morgan fingerprint density at radius 2 is 1.06 bits per heavy atom. The van der Waals surface area contributed by atoms with Crippen LogP contribution in [0, 0.1) is 0 Å². The molecule has 0 amide bonds. The summed E-state index contributed by atoms with van der Waals surface area (Å²) in [6.07, 6.45) is -18.1. The predicted octanol–water partition coefficient (Wildman–Crippen LogP) is -4.41. The fraction of sp³-hybridized carbons (Fsp3) is 1.00. The lowest BCUT2D eigenvalue weighted by atomic mass is 9.99. The van der Waals surface area contributed by atoms with Crippen LogP contribution in [-0.4, -0.2) is 118 Å². The van der Waals surface area contributed by atoms with Crippen LogP contribution in [0.3, 0.4) is 0 Å². The molecule has 2 saturated heterocycles. The van der Waals surface area contributed by atoms with Gasteiger partial charge < -0.3 is 64.0 Å². The van der Waals surface area contributed by atoms with Gasteiger partial charge in [-0.25, -0.2) is 13.7 Å². The SMILES string of the molecule is O=P(O)(O)OC1[C@@H](OP(=O)(O)O)C(CO)O[C@@H](O[C@@H]2[C@H](OP(=O)(O)O)C(O)O[C@@H]2CO)[C@H]1O. The number of aliphatic hydroxyl groups excluding tert-OH is 4. The Kier molecular flexibility index (Phi) is 9.74. The highest BCUT2D eigenvalue weighted by atomic mass is 31.2. The second-order valence-electron chi connectivity index (χ2n) is 6.75. The van der Waals surface area contributed by atoms with Gasteiger partial charge in [0.2, 0.25) is 0 Å². The van der Waals surface area contributed by atoms with Crippen molar-refractivity contribution < 1.29 is 91.3 Å². The molecule has 2 heterocycles. The molecule has 0 aromatic carbocycles. The van der Waals surface area contributed by atoms with Crippen molar-refractivity contribution in [2.24, 2.45) is 0 Å². The molecule has 22 heteroatoms. The Morgan fingerprint density at radius 3 is 1.52 bits per heavy atom. The first-order valence-corrected chi connectivity index (χ1v) is 13.3. The topological polar surface area (TPSA) is 309 Å².